The monoisotopic (exact) mass is 277 g/mol. The van der Waals surface area contributed by atoms with Crippen LogP contribution in [0.4, 0.5) is 4.79 Å². The van der Waals surface area contributed by atoms with Crippen LogP contribution in [0.2, 0.25) is 0 Å². The Bertz CT molecular complexity index is 518. The van der Waals surface area contributed by atoms with E-state index in [1.54, 1.807) is 7.05 Å². The molecule has 0 aromatic heterocycles. The average molecular weight is 277 g/mol. The smallest absolute Gasteiger partial charge is 0.327 e. The topological polar surface area (TPSA) is 75.9 Å². The van der Waals surface area contributed by atoms with Crippen molar-refractivity contribution in [2.45, 2.75) is 13.0 Å². The van der Waals surface area contributed by atoms with Crippen molar-refractivity contribution >= 4 is 11.9 Å². The van der Waals surface area contributed by atoms with Gasteiger partial charge in [-0.3, -0.25) is 9.69 Å². The number of urea groups is 1. The van der Waals surface area contributed by atoms with Gasteiger partial charge < -0.3 is 15.4 Å². The van der Waals surface area contributed by atoms with Crippen LogP contribution < -0.4 is 10.5 Å². The van der Waals surface area contributed by atoms with Crippen LogP contribution in [-0.2, 0) is 4.79 Å². The number of carbonyl (C=O) groups excluding carboxylic acids is 2. The summed E-state index contributed by atoms with van der Waals surface area (Å²) >= 11 is 0. The normalized spacial score (nSPS) is 16.8. The molecule has 0 saturated carbocycles. The highest BCUT2D eigenvalue weighted by Gasteiger charge is 2.34. The number of hydrogen-bond donors (Lipinski definition) is 1. The summed E-state index contributed by atoms with van der Waals surface area (Å²) in [6.45, 7) is 2.70. The third-order valence-corrected chi connectivity index (χ3v) is 3.23. The van der Waals surface area contributed by atoms with E-state index in [1.165, 1.54) is 9.80 Å². The van der Waals surface area contributed by atoms with E-state index in [0.717, 1.165) is 5.56 Å². The van der Waals surface area contributed by atoms with E-state index >= 15 is 0 Å². The first-order valence-corrected chi connectivity index (χ1v) is 6.57. The summed E-state index contributed by atoms with van der Waals surface area (Å²) in [5.74, 6) is 0.469. The maximum absolute atomic E-state index is 11.8. The van der Waals surface area contributed by atoms with Crippen LogP contribution in [0.1, 0.15) is 18.5 Å². The number of likely N-dealkylation sites (N-methyl/N-ethyl adjacent to an activating group) is 1. The van der Waals surface area contributed by atoms with E-state index in [0.29, 0.717) is 12.4 Å². The van der Waals surface area contributed by atoms with Crippen LogP contribution in [0.15, 0.2) is 24.3 Å². The standard InChI is InChI=1S/C14H19N3O3/c1-3-20-12-7-5-4-6-10(12)11(15)8-17-13(18)9-16(2)14(17)19/h4-7,11H,3,8-9,15H2,1-2H3. The Labute approximate surface area is 118 Å². The van der Waals surface area contributed by atoms with E-state index in [1.807, 2.05) is 31.2 Å². The summed E-state index contributed by atoms with van der Waals surface area (Å²) in [5.41, 5.74) is 6.93. The van der Waals surface area contributed by atoms with Gasteiger partial charge in [-0.25, -0.2) is 4.79 Å². The van der Waals surface area contributed by atoms with Gasteiger partial charge in [-0.15, -0.1) is 0 Å². The molecule has 1 aliphatic rings. The second kappa shape index (κ2) is 5.92. The number of nitrogens with two attached hydrogens (primary N) is 1. The molecule has 1 fully saturated rings. The molecule has 1 aromatic rings. The van der Waals surface area contributed by atoms with Gasteiger partial charge in [-0.2, -0.15) is 0 Å². The molecule has 1 saturated heterocycles. The number of para-hydroxylation sites is 1. The molecule has 0 spiro atoms. The van der Waals surface area contributed by atoms with E-state index in [2.05, 4.69) is 0 Å². The van der Waals surface area contributed by atoms with Gasteiger partial charge in [0, 0.05) is 19.2 Å². The fourth-order valence-corrected chi connectivity index (χ4v) is 2.22. The van der Waals surface area contributed by atoms with E-state index in [9.17, 15) is 9.59 Å². The molecule has 1 atom stereocenters. The van der Waals surface area contributed by atoms with Gasteiger partial charge in [0.1, 0.15) is 12.3 Å². The lowest BCUT2D eigenvalue weighted by Crippen LogP contribution is -2.37. The molecule has 1 aromatic carbocycles. The zero-order valence-corrected chi connectivity index (χ0v) is 11.7. The van der Waals surface area contributed by atoms with Crippen molar-refractivity contribution in [1.82, 2.24) is 9.80 Å². The number of amides is 3. The number of imide groups is 1. The molecule has 2 N–H and O–H groups in total. The van der Waals surface area contributed by atoms with Gasteiger partial charge in [0.2, 0.25) is 5.91 Å². The minimum atomic E-state index is -0.461. The summed E-state index contributed by atoms with van der Waals surface area (Å²) in [6, 6.07) is 6.64. The number of benzene rings is 1. The molecular weight excluding hydrogens is 258 g/mol. The molecule has 108 valence electrons. The van der Waals surface area contributed by atoms with Crippen molar-refractivity contribution in [3.8, 4) is 5.75 Å². The first kappa shape index (κ1) is 14.3. The van der Waals surface area contributed by atoms with Crippen molar-refractivity contribution in [2.75, 3.05) is 26.7 Å². The largest absolute Gasteiger partial charge is 0.494 e. The fraction of sp³-hybridized carbons (Fsp3) is 0.429. The second-order valence-electron chi connectivity index (χ2n) is 4.72. The Hall–Kier alpha value is -2.08. The molecule has 6 nitrogen and oxygen atoms in total. The number of nitrogens with zero attached hydrogens (tertiary/aromatic N) is 2. The third kappa shape index (κ3) is 2.75. The quantitative estimate of drug-likeness (QED) is 0.814. The van der Waals surface area contributed by atoms with Gasteiger partial charge in [0.15, 0.2) is 0 Å². The summed E-state index contributed by atoms with van der Waals surface area (Å²) < 4.78 is 5.52. The number of rotatable bonds is 5. The number of carbonyl (C=O) groups is 2. The van der Waals surface area contributed by atoms with Gasteiger partial charge in [-0.1, -0.05) is 18.2 Å². The molecule has 20 heavy (non-hydrogen) atoms. The minimum Gasteiger partial charge on any atom is -0.494 e. The van der Waals surface area contributed by atoms with Crippen LogP contribution in [0.25, 0.3) is 0 Å². The highest BCUT2D eigenvalue weighted by molar-refractivity contribution is 6.01. The zero-order chi connectivity index (χ0) is 14.7. The predicted molar refractivity (Wildman–Crippen MR) is 74.3 cm³/mol. The SMILES string of the molecule is CCOc1ccccc1C(N)CN1C(=O)CN(C)C1=O. The van der Waals surface area contributed by atoms with Crippen molar-refractivity contribution in [3.63, 3.8) is 0 Å². The predicted octanol–water partition coefficient (Wildman–Crippen LogP) is 0.979. The van der Waals surface area contributed by atoms with Crippen molar-refractivity contribution in [3.05, 3.63) is 29.8 Å². The molecular formula is C14H19N3O3. The van der Waals surface area contributed by atoms with Gasteiger partial charge in [0.25, 0.3) is 0 Å². The summed E-state index contributed by atoms with van der Waals surface area (Å²) in [7, 11) is 1.60. The Morgan fingerprint density at radius 3 is 2.65 bits per heavy atom. The van der Waals surface area contributed by atoms with Crippen molar-refractivity contribution < 1.29 is 14.3 Å². The molecule has 0 bridgehead atoms. The Balaban J connectivity index is 2.14. The lowest BCUT2D eigenvalue weighted by atomic mass is 10.1. The van der Waals surface area contributed by atoms with Crippen LogP contribution >= 0.6 is 0 Å². The summed E-state index contributed by atoms with van der Waals surface area (Å²) in [4.78, 5) is 26.2. The first-order valence-electron chi connectivity index (χ1n) is 6.57. The highest BCUT2D eigenvalue weighted by Crippen LogP contribution is 2.25. The molecule has 0 aliphatic carbocycles. The minimum absolute atomic E-state index is 0.110. The van der Waals surface area contributed by atoms with E-state index < -0.39 is 6.04 Å². The molecule has 1 unspecified atom stereocenters. The van der Waals surface area contributed by atoms with E-state index in [-0.39, 0.29) is 25.0 Å². The van der Waals surface area contributed by atoms with Gasteiger partial charge in [0.05, 0.1) is 12.6 Å². The van der Waals surface area contributed by atoms with Crippen LogP contribution in [0.5, 0.6) is 5.75 Å². The van der Waals surface area contributed by atoms with Crippen molar-refractivity contribution in [1.29, 1.82) is 0 Å². The Morgan fingerprint density at radius 1 is 1.35 bits per heavy atom. The van der Waals surface area contributed by atoms with Crippen molar-refractivity contribution in [2.24, 2.45) is 5.73 Å². The molecule has 6 heteroatoms. The Kier molecular flexibility index (Phi) is 4.24. The average Bonchev–Trinajstić information content (AvgIpc) is 2.66. The van der Waals surface area contributed by atoms with E-state index in [4.69, 9.17) is 10.5 Å². The number of ether oxygens (including phenoxy) is 1. The van der Waals surface area contributed by atoms with Crippen LogP contribution in [0, 0.1) is 0 Å². The van der Waals surface area contributed by atoms with Crippen LogP contribution in [-0.4, -0.2) is 48.5 Å². The molecule has 1 heterocycles. The summed E-state index contributed by atoms with van der Waals surface area (Å²) in [6.07, 6.45) is 0. The van der Waals surface area contributed by atoms with Gasteiger partial charge >= 0.3 is 6.03 Å². The molecule has 1 aliphatic heterocycles. The molecule has 2 rings (SSSR count). The lowest BCUT2D eigenvalue weighted by Gasteiger charge is -2.21. The molecule has 0 radical (unpaired) electrons. The highest BCUT2D eigenvalue weighted by atomic mass is 16.5. The first-order chi connectivity index (χ1) is 9.54. The number of hydrogen-bond acceptors (Lipinski definition) is 4. The zero-order valence-electron chi connectivity index (χ0n) is 11.7. The molecule has 3 amide bonds. The fourth-order valence-electron chi connectivity index (χ4n) is 2.22. The third-order valence-electron chi connectivity index (χ3n) is 3.23. The Morgan fingerprint density at radius 2 is 2.05 bits per heavy atom. The lowest BCUT2D eigenvalue weighted by molar-refractivity contribution is -0.125. The summed E-state index contributed by atoms with van der Waals surface area (Å²) in [5, 5.41) is 0. The van der Waals surface area contributed by atoms with Crippen LogP contribution in [0.3, 0.4) is 0 Å². The van der Waals surface area contributed by atoms with Gasteiger partial charge in [-0.05, 0) is 13.0 Å². The maximum atomic E-state index is 11.8. The second-order valence-corrected chi connectivity index (χ2v) is 4.72. The maximum Gasteiger partial charge on any atom is 0.327 e.